The summed E-state index contributed by atoms with van der Waals surface area (Å²) < 4.78 is 1.00. The maximum atomic E-state index is 12.3. The second kappa shape index (κ2) is 6.07. The highest BCUT2D eigenvalue weighted by Crippen LogP contribution is 2.28. The summed E-state index contributed by atoms with van der Waals surface area (Å²) >= 11 is 11.0. The predicted octanol–water partition coefficient (Wildman–Crippen LogP) is 4.74. The zero-order chi connectivity index (χ0) is 14.0. The van der Waals surface area contributed by atoms with Gasteiger partial charge in [-0.3, -0.25) is 4.79 Å². The number of carbonyl (C=O) groups excluding carboxylic acids is 1. The van der Waals surface area contributed by atoms with Crippen LogP contribution in [0.2, 0.25) is 5.02 Å². The van der Waals surface area contributed by atoms with E-state index in [2.05, 4.69) is 15.9 Å². The van der Waals surface area contributed by atoms with Crippen LogP contribution in [-0.4, -0.2) is 17.9 Å². The summed E-state index contributed by atoms with van der Waals surface area (Å²) in [5.41, 5.74) is 2.03. The number of halogens is 2. The molecule has 0 bridgehead atoms. The zero-order valence-electron chi connectivity index (χ0n) is 10.6. The fraction of sp³-hybridized carbons (Fsp3) is 0.214. The first kappa shape index (κ1) is 14.6. The molecule has 0 aliphatic heterocycles. The van der Waals surface area contributed by atoms with Gasteiger partial charge in [-0.05, 0) is 46.1 Å². The van der Waals surface area contributed by atoms with Crippen molar-refractivity contribution < 1.29 is 4.79 Å². The quantitative estimate of drug-likeness (QED) is 0.775. The van der Waals surface area contributed by atoms with Crippen molar-refractivity contribution in [3.05, 3.63) is 55.1 Å². The van der Waals surface area contributed by atoms with Crippen LogP contribution < -0.4 is 0 Å². The van der Waals surface area contributed by atoms with E-state index in [1.54, 1.807) is 11.9 Å². The monoisotopic (exact) mass is 357 g/mol. The number of rotatable bonds is 3. The molecular weight excluding hydrogens is 346 g/mol. The van der Waals surface area contributed by atoms with E-state index < -0.39 is 0 Å². The van der Waals surface area contributed by atoms with Crippen molar-refractivity contribution >= 4 is 44.8 Å². The van der Waals surface area contributed by atoms with Crippen LogP contribution in [0.1, 0.15) is 20.8 Å². The highest BCUT2D eigenvalue weighted by atomic mass is 79.9. The van der Waals surface area contributed by atoms with Gasteiger partial charge in [-0.15, -0.1) is 11.3 Å². The van der Waals surface area contributed by atoms with Gasteiger partial charge in [0, 0.05) is 18.6 Å². The van der Waals surface area contributed by atoms with Crippen LogP contribution in [0.15, 0.2) is 34.1 Å². The van der Waals surface area contributed by atoms with Gasteiger partial charge >= 0.3 is 0 Å². The first-order chi connectivity index (χ1) is 8.99. The Hall–Kier alpha value is -0.840. The van der Waals surface area contributed by atoms with Crippen molar-refractivity contribution in [2.45, 2.75) is 13.5 Å². The van der Waals surface area contributed by atoms with E-state index in [4.69, 9.17) is 11.6 Å². The Balaban J connectivity index is 2.14. The minimum Gasteiger partial charge on any atom is -0.337 e. The van der Waals surface area contributed by atoms with E-state index in [1.807, 2.05) is 37.3 Å². The molecule has 0 aliphatic carbocycles. The summed E-state index contributed by atoms with van der Waals surface area (Å²) in [6, 6.07) is 9.47. The molecule has 2 rings (SSSR count). The van der Waals surface area contributed by atoms with Gasteiger partial charge in [-0.1, -0.05) is 29.8 Å². The van der Waals surface area contributed by atoms with E-state index in [0.29, 0.717) is 11.6 Å². The number of thiophene rings is 1. The van der Waals surface area contributed by atoms with Crippen molar-refractivity contribution in [2.24, 2.45) is 0 Å². The van der Waals surface area contributed by atoms with Crippen LogP contribution in [0, 0.1) is 6.92 Å². The number of nitrogens with zero attached hydrogens (tertiary/aromatic N) is 1. The maximum Gasteiger partial charge on any atom is 0.264 e. The summed E-state index contributed by atoms with van der Waals surface area (Å²) in [6.45, 7) is 2.48. The summed E-state index contributed by atoms with van der Waals surface area (Å²) in [5.74, 6) is 0.0127. The second-order valence-electron chi connectivity index (χ2n) is 4.32. The third kappa shape index (κ3) is 3.38. The first-order valence-corrected chi connectivity index (χ1v) is 7.72. The Kier molecular flexibility index (Phi) is 4.66. The van der Waals surface area contributed by atoms with Crippen molar-refractivity contribution in [2.75, 3.05) is 7.05 Å². The van der Waals surface area contributed by atoms with Crippen LogP contribution in [0.4, 0.5) is 0 Å². The Morgan fingerprint density at radius 1 is 1.42 bits per heavy atom. The number of hydrogen-bond donors (Lipinski definition) is 0. The SMILES string of the molecule is Cc1cc(C(=O)N(C)Cc2ccccc2Cl)sc1Br. The van der Waals surface area contributed by atoms with E-state index in [-0.39, 0.29) is 5.91 Å². The van der Waals surface area contributed by atoms with Gasteiger partial charge in [0.05, 0.1) is 8.66 Å². The Morgan fingerprint density at radius 2 is 2.11 bits per heavy atom. The average molecular weight is 359 g/mol. The number of amides is 1. The molecule has 5 heteroatoms. The lowest BCUT2D eigenvalue weighted by atomic mass is 10.2. The molecule has 0 saturated heterocycles. The van der Waals surface area contributed by atoms with E-state index >= 15 is 0 Å². The summed E-state index contributed by atoms with van der Waals surface area (Å²) in [6.07, 6.45) is 0. The van der Waals surface area contributed by atoms with Crippen molar-refractivity contribution in [1.29, 1.82) is 0 Å². The van der Waals surface area contributed by atoms with Crippen LogP contribution in [0.3, 0.4) is 0 Å². The first-order valence-electron chi connectivity index (χ1n) is 5.74. The van der Waals surface area contributed by atoms with Crippen molar-refractivity contribution in [3.63, 3.8) is 0 Å². The number of hydrogen-bond acceptors (Lipinski definition) is 2. The fourth-order valence-corrected chi connectivity index (χ4v) is 3.43. The molecule has 100 valence electrons. The van der Waals surface area contributed by atoms with Gasteiger partial charge in [-0.2, -0.15) is 0 Å². The topological polar surface area (TPSA) is 20.3 Å². The molecule has 2 aromatic rings. The lowest BCUT2D eigenvalue weighted by molar-refractivity contribution is 0.0790. The molecule has 0 saturated carbocycles. The molecule has 1 heterocycles. The molecule has 2 nitrogen and oxygen atoms in total. The predicted molar refractivity (Wildman–Crippen MR) is 84.0 cm³/mol. The maximum absolute atomic E-state index is 12.3. The van der Waals surface area contributed by atoms with Crippen molar-refractivity contribution in [3.8, 4) is 0 Å². The minimum atomic E-state index is 0.0127. The van der Waals surface area contributed by atoms with Gasteiger partial charge in [0.25, 0.3) is 5.91 Å². The second-order valence-corrected chi connectivity index (χ2v) is 7.10. The highest BCUT2D eigenvalue weighted by Gasteiger charge is 2.16. The number of benzene rings is 1. The van der Waals surface area contributed by atoms with Gasteiger partial charge in [0.1, 0.15) is 0 Å². The van der Waals surface area contributed by atoms with Gasteiger partial charge in [0.2, 0.25) is 0 Å². The highest BCUT2D eigenvalue weighted by molar-refractivity contribution is 9.11. The van der Waals surface area contributed by atoms with Crippen molar-refractivity contribution in [1.82, 2.24) is 4.90 Å². The molecule has 1 aromatic heterocycles. The molecule has 0 N–H and O–H groups in total. The van der Waals surface area contributed by atoms with Crippen LogP contribution >= 0.6 is 38.9 Å². The third-order valence-electron chi connectivity index (χ3n) is 2.78. The molecular formula is C14H13BrClNOS. The summed E-state index contributed by atoms with van der Waals surface area (Å²) in [5, 5.41) is 0.686. The van der Waals surface area contributed by atoms with E-state index in [9.17, 15) is 4.79 Å². The third-order valence-corrected chi connectivity index (χ3v) is 5.27. The molecule has 0 atom stereocenters. The van der Waals surface area contributed by atoms with E-state index in [1.165, 1.54) is 11.3 Å². The molecule has 0 fully saturated rings. The standard InChI is InChI=1S/C14H13BrClNOS/c1-9-7-12(19-13(9)15)14(18)17(2)8-10-5-3-4-6-11(10)16/h3-7H,8H2,1-2H3. The Bertz CT molecular complexity index is 592. The van der Waals surface area contributed by atoms with Crippen LogP contribution in [-0.2, 0) is 6.54 Å². The lowest BCUT2D eigenvalue weighted by Gasteiger charge is -2.17. The molecule has 0 aliphatic rings. The zero-order valence-corrected chi connectivity index (χ0v) is 13.8. The molecule has 19 heavy (non-hydrogen) atoms. The van der Waals surface area contributed by atoms with Gasteiger partial charge in [0.15, 0.2) is 0 Å². The molecule has 0 spiro atoms. The van der Waals surface area contributed by atoms with Gasteiger partial charge in [-0.25, -0.2) is 0 Å². The fourth-order valence-electron chi connectivity index (χ4n) is 1.71. The Morgan fingerprint density at radius 3 is 2.68 bits per heavy atom. The largest absolute Gasteiger partial charge is 0.337 e. The van der Waals surface area contributed by atoms with Gasteiger partial charge < -0.3 is 4.90 Å². The molecule has 1 amide bonds. The summed E-state index contributed by atoms with van der Waals surface area (Å²) in [7, 11) is 1.79. The van der Waals surface area contributed by atoms with E-state index in [0.717, 1.165) is 19.8 Å². The number of carbonyl (C=O) groups is 1. The molecule has 0 radical (unpaired) electrons. The van der Waals surface area contributed by atoms with Crippen LogP contribution in [0.5, 0.6) is 0 Å². The molecule has 1 aromatic carbocycles. The van der Waals surface area contributed by atoms with Crippen LogP contribution in [0.25, 0.3) is 0 Å². The molecule has 0 unspecified atom stereocenters. The summed E-state index contributed by atoms with van der Waals surface area (Å²) in [4.78, 5) is 14.7. The average Bonchev–Trinajstić information content (AvgIpc) is 2.71. The minimum absolute atomic E-state index is 0.0127. The lowest BCUT2D eigenvalue weighted by Crippen LogP contribution is -2.25. The normalized spacial score (nSPS) is 10.5. The smallest absolute Gasteiger partial charge is 0.264 e. The number of aryl methyl sites for hydroxylation is 1. The Labute approximate surface area is 130 Å².